The summed E-state index contributed by atoms with van der Waals surface area (Å²) >= 11 is 0. The van der Waals surface area contributed by atoms with Crippen molar-refractivity contribution in [2.75, 3.05) is 13.1 Å². The Balaban J connectivity index is 1.40. The van der Waals surface area contributed by atoms with E-state index in [2.05, 4.69) is 14.5 Å². The summed E-state index contributed by atoms with van der Waals surface area (Å²) in [4.78, 5) is 23.0. The van der Waals surface area contributed by atoms with Crippen molar-refractivity contribution in [3.63, 3.8) is 0 Å². The van der Waals surface area contributed by atoms with Crippen molar-refractivity contribution in [3.8, 4) is 0 Å². The van der Waals surface area contributed by atoms with Crippen molar-refractivity contribution in [2.24, 2.45) is 0 Å². The molecule has 0 bridgehead atoms. The number of hydrogen-bond acceptors (Lipinski definition) is 3. The fraction of sp³-hybridized carbons (Fsp3) is 0.286. The van der Waals surface area contributed by atoms with E-state index in [0.717, 1.165) is 23.6 Å². The van der Waals surface area contributed by atoms with E-state index < -0.39 is 0 Å². The number of halogens is 1. The highest BCUT2D eigenvalue weighted by Gasteiger charge is 2.34. The summed E-state index contributed by atoms with van der Waals surface area (Å²) in [7, 11) is 0. The van der Waals surface area contributed by atoms with Gasteiger partial charge in [0.05, 0.1) is 18.9 Å². The number of benzene rings is 1. The number of hydrogen-bond donors (Lipinski definition) is 0. The molecular formula is C21H21FN4O. The predicted molar refractivity (Wildman–Crippen MR) is 99.7 cm³/mol. The molecule has 3 heterocycles. The Morgan fingerprint density at radius 1 is 1.19 bits per heavy atom. The summed E-state index contributed by atoms with van der Waals surface area (Å²) in [5, 5.41) is 0. The zero-order valence-electron chi connectivity index (χ0n) is 15.2. The summed E-state index contributed by atoms with van der Waals surface area (Å²) in [6, 6.07) is 10.2. The van der Waals surface area contributed by atoms with Crippen molar-refractivity contribution >= 4 is 5.91 Å². The normalized spacial score (nSPS) is 14.2. The summed E-state index contributed by atoms with van der Waals surface area (Å²) in [6.45, 7) is 4.07. The molecule has 2 aromatic heterocycles. The van der Waals surface area contributed by atoms with Crippen molar-refractivity contribution in [1.29, 1.82) is 0 Å². The van der Waals surface area contributed by atoms with Crippen molar-refractivity contribution in [3.05, 3.63) is 83.5 Å². The lowest BCUT2D eigenvalue weighted by Crippen LogP contribution is -2.49. The Kier molecular flexibility index (Phi) is 4.71. The van der Waals surface area contributed by atoms with E-state index in [-0.39, 0.29) is 24.1 Å². The number of aromatic nitrogens is 3. The molecule has 1 fully saturated rings. The minimum Gasteiger partial charge on any atom is -0.341 e. The van der Waals surface area contributed by atoms with Gasteiger partial charge in [-0.25, -0.2) is 9.37 Å². The molecule has 3 aromatic rings. The monoisotopic (exact) mass is 364 g/mol. The number of pyridine rings is 1. The molecule has 138 valence electrons. The summed E-state index contributed by atoms with van der Waals surface area (Å²) in [6.07, 6.45) is 5.73. The molecule has 0 saturated carbocycles. The van der Waals surface area contributed by atoms with Gasteiger partial charge in [-0.1, -0.05) is 18.2 Å². The van der Waals surface area contributed by atoms with Crippen molar-refractivity contribution in [1.82, 2.24) is 19.4 Å². The van der Waals surface area contributed by atoms with Crippen LogP contribution in [0.3, 0.4) is 0 Å². The van der Waals surface area contributed by atoms with E-state index in [9.17, 15) is 9.18 Å². The largest absolute Gasteiger partial charge is 0.341 e. The number of carbonyl (C=O) groups excluding carboxylic acids is 1. The first-order valence-electron chi connectivity index (χ1n) is 9.03. The number of rotatable bonds is 5. The molecule has 1 aliphatic rings. The second kappa shape index (κ2) is 7.31. The standard InChI is InChI=1S/C21H21FN4O/c1-15-10-24-21(26(15)12-17-5-3-7-23-11-17)18-13-25(14-18)20(27)9-16-4-2-6-19(22)8-16/h2-8,10-11,18H,9,12-14H2,1H3. The van der Waals surface area contributed by atoms with Crippen LogP contribution in [0, 0.1) is 12.7 Å². The molecule has 27 heavy (non-hydrogen) atoms. The maximum atomic E-state index is 13.3. The third-order valence-corrected chi connectivity index (χ3v) is 4.99. The van der Waals surface area contributed by atoms with Gasteiger partial charge in [0.25, 0.3) is 0 Å². The Morgan fingerprint density at radius 2 is 2.00 bits per heavy atom. The first-order chi connectivity index (χ1) is 13.1. The fourth-order valence-corrected chi connectivity index (χ4v) is 3.46. The van der Waals surface area contributed by atoms with Crippen LogP contribution >= 0.6 is 0 Å². The summed E-state index contributed by atoms with van der Waals surface area (Å²) in [5.41, 5.74) is 2.92. The molecule has 5 nitrogen and oxygen atoms in total. The third kappa shape index (κ3) is 3.74. The predicted octanol–water partition coefficient (Wildman–Crippen LogP) is 2.94. The van der Waals surface area contributed by atoms with Gasteiger partial charge in [0.2, 0.25) is 5.91 Å². The molecular weight excluding hydrogens is 343 g/mol. The lowest BCUT2D eigenvalue weighted by atomic mass is 9.97. The van der Waals surface area contributed by atoms with Crippen molar-refractivity contribution in [2.45, 2.75) is 25.8 Å². The molecule has 1 saturated heterocycles. The van der Waals surface area contributed by atoms with Crippen LogP contribution in [0.15, 0.2) is 55.0 Å². The highest BCUT2D eigenvalue weighted by molar-refractivity contribution is 5.79. The van der Waals surface area contributed by atoms with E-state index in [1.807, 2.05) is 36.4 Å². The third-order valence-electron chi connectivity index (χ3n) is 4.99. The molecule has 1 aromatic carbocycles. The van der Waals surface area contributed by atoms with Gasteiger partial charge >= 0.3 is 0 Å². The van der Waals surface area contributed by atoms with Crippen LogP contribution in [0.1, 0.15) is 28.6 Å². The Morgan fingerprint density at radius 3 is 2.74 bits per heavy atom. The van der Waals surface area contributed by atoms with E-state index >= 15 is 0 Å². The molecule has 1 amide bonds. The van der Waals surface area contributed by atoms with Crippen LogP contribution in [0.25, 0.3) is 0 Å². The summed E-state index contributed by atoms with van der Waals surface area (Å²) in [5.74, 6) is 0.951. The van der Waals surface area contributed by atoms with E-state index in [4.69, 9.17) is 0 Å². The first kappa shape index (κ1) is 17.4. The number of amides is 1. The number of aryl methyl sites for hydroxylation is 1. The van der Waals surface area contributed by atoms with Gasteiger partial charge in [-0.2, -0.15) is 0 Å². The zero-order chi connectivity index (χ0) is 18.8. The molecule has 1 aliphatic heterocycles. The van der Waals surface area contributed by atoms with Gasteiger partial charge in [-0.15, -0.1) is 0 Å². The van der Waals surface area contributed by atoms with E-state index in [1.54, 1.807) is 18.3 Å². The van der Waals surface area contributed by atoms with Gasteiger partial charge in [0.1, 0.15) is 11.6 Å². The maximum Gasteiger partial charge on any atom is 0.227 e. The van der Waals surface area contributed by atoms with E-state index in [0.29, 0.717) is 18.7 Å². The molecule has 0 spiro atoms. The Hall–Kier alpha value is -3.02. The van der Waals surface area contributed by atoms with Gasteiger partial charge < -0.3 is 9.47 Å². The Bertz CT molecular complexity index is 948. The zero-order valence-corrected chi connectivity index (χ0v) is 15.2. The summed E-state index contributed by atoms with van der Waals surface area (Å²) < 4.78 is 15.5. The molecule has 0 radical (unpaired) electrons. The van der Waals surface area contributed by atoms with Crippen LogP contribution in [0.2, 0.25) is 0 Å². The molecule has 0 aliphatic carbocycles. The average Bonchev–Trinajstić information content (AvgIpc) is 2.95. The highest BCUT2D eigenvalue weighted by atomic mass is 19.1. The molecule has 6 heteroatoms. The number of imidazole rings is 1. The van der Waals surface area contributed by atoms with Crippen LogP contribution in [0.4, 0.5) is 4.39 Å². The quantitative estimate of drug-likeness (QED) is 0.699. The Labute approximate surface area is 157 Å². The minimum atomic E-state index is -0.310. The lowest BCUT2D eigenvalue weighted by Gasteiger charge is -2.39. The smallest absolute Gasteiger partial charge is 0.227 e. The van der Waals surface area contributed by atoms with Crippen molar-refractivity contribution < 1.29 is 9.18 Å². The first-order valence-corrected chi connectivity index (χ1v) is 9.03. The minimum absolute atomic E-state index is 0.0268. The van der Waals surface area contributed by atoms with Crippen LogP contribution in [0.5, 0.6) is 0 Å². The topological polar surface area (TPSA) is 51.0 Å². The number of likely N-dealkylation sites (tertiary alicyclic amines) is 1. The maximum absolute atomic E-state index is 13.3. The number of carbonyl (C=O) groups is 1. The number of nitrogens with zero attached hydrogens (tertiary/aromatic N) is 4. The van der Waals surface area contributed by atoms with Crippen LogP contribution in [-0.4, -0.2) is 38.4 Å². The second-order valence-corrected chi connectivity index (χ2v) is 7.01. The van der Waals surface area contributed by atoms with E-state index in [1.165, 1.54) is 12.1 Å². The molecule has 0 atom stereocenters. The van der Waals surface area contributed by atoms with Gasteiger partial charge in [-0.3, -0.25) is 9.78 Å². The van der Waals surface area contributed by atoms with Gasteiger partial charge in [0.15, 0.2) is 0 Å². The van der Waals surface area contributed by atoms with Gasteiger partial charge in [0, 0.05) is 37.4 Å². The van der Waals surface area contributed by atoms with Crippen LogP contribution < -0.4 is 0 Å². The SMILES string of the molecule is Cc1cnc(C2CN(C(=O)Cc3cccc(F)c3)C2)n1Cc1cccnc1. The van der Waals surface area contributed by atoms with Gasteiger partial charge in [-0.05, 0) is 36.2 Å². The second-order valence-electron chi connectivity index (χ2n) is 7.01. The molecule has 0 N–H and O–H groups in total. The molecule has 0 unspecified atom stereocenters. The average molecular weight is 364 g/mol. The van der Waals surface area contributed by atoms with Crippen LogP contribution in [-0.2, 0) is 17.8 Å². The lowest BCUT2D eigenvalue weighted by molar-refractivity contribution is -0.135. The fourth-order valence-electron chi connectivity index (χ4n) is 3.46. The highest BCUT2D eigenvalue weighted by Crippen LogP contribution is 2.28. The molecule has 4 rings (SSSR count).